The second-order valence-corrected chi connectivity index (χ2v) is 6.54. The van der Waals surface area contributed by atoms with Crippen LogP contribution in [-0.4, -0.2) is 41.0 Å². The smallest absolute Gasteiger partial charge is 0.228 e. The summed E-state index contributed by atoms with van der Waals surface area (Å²) >= 11 is 1.50. The lowest BCUT2D eigenvalue weighted by Gasteiger charge is -2.17. The number of benzene rings is 1. The van der Waals surface area contributed by atoms with Gasteiger partial charge in [-0.25, -0.2) is 9.37 Å². The van der Waals surface area contributed by atoms with Gasteiger partial charge < -0.3 is 9.64 Å². The SMILES string of the molecule is CN(CCOc1ccc(F)cc1)C(=O)Cc1csc(-c2cccnc2)n1. The molecule has 2 aromatic heterocycles. The maximum absolute atomic E-state index is 12.8. The molecule has 0 aliphatic heterocycles. The van der Waals surface area contributed by atoms with Crippen LogP contribution >= 0.6 is 11.3 Å². The van der Waals surface area contributed by atoms with E-state index in [1.807, 2.05) is 17.5 Å². The van der Waals surface area contributed by atoms with Gasteiger partial charge in [-0.3, -0.25) is 9.78 Å². The molecule has 3 aromatic rings. The average Bonchev–Trinajstić information content (AvgIpc) is 3.12. The molecule has 7 heteroatoms. The maximum Gasteiger partial charge on any atom is 0.228 e. The number of thiazole rings is 1. The second-order valence-electron chi connectivity index (χ2n) is 5.68. The van der Waals surface area contributed by atoms with E-state index in [9.17, 15) is 9.18 Å². The first kappa shape index (κ1) is 18.0. The molecule has 0 radical (unpaired) electrons. The molecule has 0 unspecified atom stereocenters. The van der Waals surface area contributed by atoms with Gasteiger partial charge in [0.05, 0.1) is 18.7 Å². The first-order valence-electron chi connectivity index (χ1n) is 8.09. The zero-order chi connectivity index (χ0) is 18.4. The monoisotopic (exact) mass is 371 g/mol. The number of likely N-dealkylation sites (N-methyl/N-ethyl adjacent to an activating group) is 1. The topological polar surface area (TPSA) is 55.3 Å². The summed E-state index contributed by atoms with van der Waals surface area (Å²) in [5.74, 6) is 0.238. The molecular formula is C19H18FN3O2S. The Morgan fingerprint density at radius 1 is 1.27 bits per heavy atom. The van der Waals surface area contributed by atoms with Crippen molar-refractivity contribution in [3.05, 3.63) is 65.7 Å². The third kappa shape index (κ3) is 4.86. The van der Waals surface area contributed by atoms with Crippen molar-refractivity contribution in [2.75, 3.05) is 20.2 Å². The van der Waals surface area contributed by atoms with Gasteiger partial charge in [-0.05, 0) is 36.4 Å². The molecule has 1 amide bonds. The lowest BCUT2D eigenvalue weighted by Crippen LogP contribution is -2.32. The zero-order valence-corrected chi connectivity index (χ0v) is 15.1. The molecule has 0 atom stereocenters. The van der Waals surface area contributed by atoms with Crippen molar-refractivity contribution < 1.29 is 13.9 Å². The van der Waals surface area contributed by atoms with Crippen molar-refractivity contribution in [3.8, 4) is 16.3 Å². The predicted molar refractivity (Wildman–Crippen MR) is 98.6 cm³/mol. The first-order chi connectivity index (χ1) is 12.6. The van der Waals surface area contributed by atoms with Gasteiger partial charge in [0.15, 0.2) is 0 Å². The number of aromatic nitrogens is 2. The molecule has 0 aliphatic rings. The number of hydrogen-bond acceptors (Lipinski definition) is 5. The Balaban J connectivity index is 1.48. The first-order valence-corrected chi connectivity index (χ1v) is 8.97. The number of amides is 1. The fourth-order valence-electron chi connectivity index (χ4n) is 2.26. The Morgan fingerprint density at radius 2 is 2.08 bits per heavy atom. The Hall–Kier alpha value is -2.80. The van der Waals surface area contributed by atoms with Crippen LogP contribution in [0.3, 0.4) is 0 Å². The Morgan fingerprint density at radius 3 is 2.81 bits per heavy atom. The molecule has 3 rings (SSSR count). The van der Waals surface area contributed by atoms with Gasteiger partial charge in [-0.15, -0.1) is 11.3 Å². The molecule has 0 saturated carbocycles. The van der Waals surface area contributed by atoms with E-state index in [0.717, 1.165) is 16.3 Å². The highest BCUT2D eigenvalue weighted by Gasteiger charge is 2.13. The summed E-state index contributed by atoms with van der Waals surface area (Å²) in [7, 11) is 1.73. The predicted octanol–water partition coefficient (Wildman–Crippen LogP) is 3.42. The third-order valence-corrected chi connectivity index (χ3v) is 4.67. The number of rotatable bonds is 7. The van der Waals surface area contributed by atoms with Crippen LogP contribution < -0.4 is 4.74 Å². The highest BCUT2D eigenvalue weighted by atomic mass is 32.1. The van der Waals surface area contributed by atoms with Crippen molar-refractivity contribution in [2.45, 2.75) is 6.42 Å². The van der Waals surface area contributed by atoms with E-state index in [-0.39, 0.29) is 18.1 Å². The van der Waals surface area contributed by atoms with E-state index in [1.54, 1.807) is 36.5 Å². The van der Waals surface area contributed by atoms with Gasteiger partial charge in [-0.1, -0.05) is 0 Å². The van der Waals surface area contributed by atoms with Gasteiger partial charge in [0.1, 0.15) is 23.2 Å². The molecule has 0 saturated heterocycles. The lowest BCUT2D eigenvalue weighted by molar-refractivity contribution is -0.129. The molecule has 0 spiro atoms. The normalized spacial score (nSPS) is 10.5. The molecule has 134 valence electrons. The molecule has 26 heavy (non-hydrogen) atoms. The van der Waals surface area contributed by atoms with E-state index in [1.165, 1.54) is 23.5 Å². The number of carbonyl (C=O) groups excluding carboxylic acids is 1. The maximum atomic E-state index is 12.8. The number of pyridine rings is 1. The third-order valence-electron chi connectivity index (χ3n) is 3.73. The van der Waals surface area contributed by atoms with Crippen LogP contribution in [0.25, 0.3) is 10.6 Å². The van der Waals surface area contributed by atoms with Gasteiger partial charge in [0, 0.05) is 30.4 Å². The number of halogens is 1. The fraction of sp³-hybridized carbons (Fsp3) is 0.211. The second kappa shape index (κ2) is 8.53. The minimum absolute atomic E-state index is 0.0317. The quantitative estimate of drug-likeness (QED) is 0.639. The standard InChI is InChI=1S/C19H18FN3O2S/c1-23(9-10-25-17-6-4-15(20)5-7-17)18(24)11-16-13-26-19(22-16)14-3-2-8-21-12-14/h2-8,12-13H,9-11H2,1H3. The molecule has 1 aromatic carbocycles. The van der Waals surface area contributed by atoms with Crippen molar-refractivity contribution >= 4 is 17.2 Å². The highest BCUT2D eigenvalue weighted by molar-refractivity contribution is 7.13. The van der Waals surface area contributed by atoms with Crippen LogP contribution in [0.4, 0.5) is 4.39 Å². The van der Waals surface area contributed by atoms with Crippen molar-refractivity contribution in [1.82, 2.24) is 14.9 Å². The van der Waals surface area contributed by atoms with E-state index >= 15 is 0 Å². The van der Waals surface area contributed by atoms with Crippen LogP contribution in [-0.2, 0) is 11.2 Å². The molecule has 5 nitrogen and oxygen atoms in total. The molecule has 0 aliphatic carbocycles. The van der Waals surface area contributed by atoms with Crippen molar-refractivity contribution in [3.63, 3.8) is 0 Å². The van der Waals surface area contributed by atoms with E-state index in [2.05, 4.69) is 9.97 Å². The summed E-state index contributed by atoms with van der Waals surface area (Å²) < 4.78 is 18.4. The highest BCUT2D eigenvalue weighted by Crippen LogP contribution is 2.23. The minimum atomic E-state index is -0.307. The van der Waals surface area contributed by atoms with Crippen LogP contribution in [0.5, 0.6) is 5.75 Å². The summed E-state index contributed by atoms with van der Waals surface area (Å²) in [6.07, 6.45) is 3.71. The van der Waals surface area contributed by atoms with Crippen LogP contribution in [0.15, 0.2) is 54.2 Å². The van der Waals surface area contributed by atoms with Crippen LogP contribution in [0, 0.1) is 5.82 Å². The van der Waals surface area contributed by atoms with E-state index < -0.39 is 0 Å². The number of ether oxygens (including phenoxy) is 1. The summed E-state index contributed by atoms with van der Waals surface area (Å²) in [5.41, 5.74) is 1.68. The molecular weight excluding hydrogens is 353 g/mol. The minimum Gasteiger partial charge on any atom is -0.492 e. The van der Waals surface area contributed by atoms with E-state index in [0.29, 0.717) is 18.9 Å². The zero-order valence-electron chi connectivity index (χ0n) is 14.3. The van der Waals surface area contributed by atoms with Crippen LogP contribution in [0.2, 0.25) is 0 Å². The van der Waals surface area contributed by atoms with Crippen molar-refractivity contribution in [2.24, 2.45) is 0 Å². The molecule has 0 bridgehead atoms. The lowest BCUT2D eigenvalue weighted by atomic mass is 10.3. The van der Waals surface area contributed by atoms with Gasteiger partial charge in [0.25, 0.3) is 0 Å². The molecule has 0 N–H and O–H groups in total. The Labute approximate surface area is 155 Å². The van der Waals surface area contributed by atoms with E-state index in [4.69, 9.17) is 4.74 Å². The Kier molecular flexibility index (Phi) is 5.91. The summed E-state index contributed by atoms with van der Waals surface area (Å²) in [4.78, 5) is 22.5. The summed E-state index contributed by atoms with van der Waals surface area (Å²) in [5, 5.41) is 2.74. The van der Waals surface area contributed by atoms with Gasteiger partial charge in [0.2, 0.25) is 5.91 Å². The Bertz CT molecular complexity index is 853. The molecule has 2 heterocycles. The largest absolute Gasteiger partial charge is 0.492 e. The molecule has 0 fully saturated rings. The number of nitrogens with zero attached hydrogens (tertiary/aromatic N) is 3. The average molecular weight is 371 g/mol. The van der Waals surface area contributed by atoms with Crippen molar-refractivity contribution in [1.29, 1.82) is 0 Å². The van der Waals surface area contributed by atoms with Crippen LogP contribution in [0.1, 0.15) is 5.69 Å². The van der Waals surface area contributed by atoms with Gasteiger partial charge in [-0.2, -0.15) is 0 Å². The summed E-state index contributed by atoms with van der Waals surface area (Å²) in [6, 6.07) is 9.60. The summed E-state index contributed by atoms with van der Waals surface area (Å²) in [6.45, 7) is 0.779. The number of carbonyl (C=O) groups is 1. The fourth-order valence-corrected chi connectivity index (χ4v) is 3.07. The number of hydrogen-bond donors (Lipinski definition) is 0. The van der Waals surface area contributed by atoms with Gasteiger partial charge >= 0.3 is 0 Å².